The van der Waals surface area contributed by atoms with Gasteiger partial charge in [0.25, 0.3) is 0 Å². The third-order valence-electron chi connectivity index (χ3n) is 5.81. The zero-order valence-electron chi connectivity index (χ0n) is 24.1. The minimum absolute atomic E-state index is 0.469. The summed E-state index contributed by atoms with van der Waals surface area (Å²) in [4.78, 5) is 74.3. The maximum Gasteiger partial charge on any atom is 0.303 e. The summed E-state index contributed by atoms with van der Waals surface area (Å²) < 4.78 is 49.5. The number of carbonyl (C=O) groups excluding carboxylic acids is 6. The van der Waals surface area contributed by atoms with Crippen molar-refractivity contribution >= 4 is 48.4 Å². The van der Waals surface area contributed by atoms with Crippen LogP contribution in [0.25, 0.3) is 10.4 Å². The highest BCUT2D eigenvalue weighted by molar-refractivity contribution is 7.80. The number of thiol groups is 1. The zero-order chi connectivity index (χ0) is 32.4. The normalized spacial score (nSPS) is 31.8. The molecule has 2 rings (SSSR count). The molecule has 10 atom stereocenters. The SMILES string of the molecule is CC(=O)OC[C@H]1O[C@@H](O[C@H]2[C@H](OC(C)=O)[C@@H](N=[N+]=[N-])[C@@H](S)O[C@@H]2COC(C)=O)[C@H](OC(C)=O)[C@@H](OC(C)=O)[C@H]1OC(C)=O. The largest absolute Gasteiger partial charge is 0.463 e. The number of hydrogen-bond donors (Lipinski definition) is 1. The molecule has 0 aromatic heterocycles. The number of ether oxygens (including phenoxy) is 9. The highest BCUT2D eigenvalue weighted by atomic mass is 32.1. The summed E-state index contributed by atoms with van der Waals surface area (Å²) in [5.74, 6) is -4.87. The maximum absolute atomic E-state index is 12.2. The minimum atomic E-state index is -1.73. The standard InChI is InChI=1S/C24H33N3O15S/c1-9(28)34-7-15-19(36-11(3)30)21(38-13(5)32)22(39-14(6)33)23(40-15)42-18-16(8-35-10(2)29)41-24(43)17(26-27-25)20(18)37-12(4)31/h15-24,43H,7-8H2,1-6H3/t15-,16-,17-,18-,19+,20-,21+,22-,23+,24-/m1/s1. The van der Waals surface area contributed by atoms with Crippen molar-refractivity contribution < 1.29 is 71.4 Å². The molecule has 2 aliphatic heterocycles. The topological polar surface area (TPSA) is 234 Å². The molecule has 0 saturated carbocycles. The number of carbonyl (C=O) groups is 6. The predicted molar refractivity (Wildman–Crippen MR) is 140 cm³/mol. The van der Waals surface area contributed by atoms with Crippen molar-refractivity contribution in [2.24, 2.45) is 5.11 Å². The van der Waals surface area contributed by atoms with Crippen molar-refractivity contribution in [3.63, 3.8) is 0 Å². The molecular formula is C24H33N3O15S. The summed E-state index contributed by atoms with van der Waals surface area (Å²) in [5.41, 5.74) is 7.97. The van der Waals surface area contributed by atoms with Gasteiger partial charge in [0.05, 0.1) is 0 Å². The lowest BCUT2D eigenvalue weighted by molar-refractivity contribution is -0.336. The molecule has 2 saturated heterocycles. The molecule has 0 aliphatic carbocycles. The average molecular weight is 636 g/mol. The number of esters is 6. The lowest BCUT2D eigenvalue weighted by Crippen LogP contribution is -2.66. The van der Waals surface area contributed by atoms with Crippen LogP contribution < -0.4 is 0 Å². The fraction of sp³-hybridized carbons (Fsp3) is 0.750. The first-order valence-corrected chi connectivity index (χ1v) is 13.3. The molecule has 0 unspecified atom stereocenters. The van der Waals surface area contributed by atoms with Crippen molar-refractivity contribution in [3.05, 3.63) is 10.4 Å². The molecule has 0 aromatic carbocycles. The van der Waals surface area contributed by atoms with Crippen LogP contribution in [0.2, 0.25) is 0 Å². The van der Waals surface area contributed by atoms with E-state index in [1.807, 2.05) is 0 Å². The van der Waals surface area contributed by atoms with Crippen LogP contribution in [0, 0.1) is 0 Å². The summed E-state index contributed by atoms with van der Waals surface area (Å²) in [6, 6.07) is -1.29. The Morgan fingerprint density at radius 3 is 1.56 bits per heavy atom. The molecule has 0 bridgehead atoms. The second-order valence-electron chi connectivity index (χ2n) is 9.31. The smallest absolute Gasteiger partial charge is 0.303 e. The van der Waals surface area contributed by atoms with E-state index in [0.717, 1.165) is 41.5 Å². The minimum Gasteiger partial charge on any atom is -0.463 e. The number of azide groups is 1. The summed E-state index contributed by atoms with van der Waals surface area (Å²) in [6.45, 7) is 5.43. The van der Waals surface area contributed by atoms with Gasteiger partial charge in [0.1, 0.15) is 49.1 Å². The van der Waals surface area contributed by atoms with E-state index >= 15 is 0 Å². The Morgan fingerprint density at radius 1 is 0.651 bits per heavy atom. The van der Waals surface area contributed by atoms with Gasteiger partial charge in [-0.15, -0.1) is 12.6 Å². The molecular weight excluding hydrogens is 602 g/mol. The van der Waals surface area contributed by atoms with E-state index in [-0.39, 0.29) is 0 Å². The van der Waals surface area contributed by atoms with Crippen LogP contribution in [0.4, 0.5) is 0 Å². The third-order valence-corrected chi connectivity index (χ3v) is 6.24. The van der Waals surface area contributed by atoms with Crippen LogP contribution in [0.15, 0.2) is 5.11 Å². The highest BCUT2D eigenvalue weighted by Gasteiger charge is 2.56. The van der Waals surface area contributed by atoms with Gasteiger partial charge in [-0.3, -0.25) is 28.8 Å². The van der Waals surface area contributed by atoms with E-state index < -0.39 is 110 Å². The van der Waals surface area contributed by atoms with E-state index in [1.165, 1.54) is 0 Å². The van der Waals surface area contributed by atoms with Crippen LogP contribution >= 0.6 is 12.6 Å². The molecule has 0 amide bonds. The zero-order valence-corrected chi connectivity index (χ0v) is 25.0. The third kappa shape index (κ3) is 10.5. The van der Waals surface area contributed by atoms with Crippen molar-refractivity contribution in [1.29, 1.82) is 0 Å². The second kappa shape index (κ2) is 16.3. The van der Waals surface area contributed by atoms with Gasteiger partial charge in [-0.2, -0.15) is 0 Å². The number of hydrogen-bond acceptors (Lipinski definition) is 17. The van der Waals surface area contributed by atoms with Crippen LogP contribution in [-0.2, 0) is 71.4 Å². The van der Waals surface area contributed by atoms with E-state index in [2.05, 4.69) is 22.7 Å². The molecule has 2 aliphatic rings. The van der Waals surface area contributed by atoms with E-state index in [4.69, 9.17) is 48.2 Å². The Bertz CT molecular complexity index is 1120. The van der Waals surface area contributed by atoms with Crippen LogP contribution in [0.5, 0.6) is 0 Å². The van der Waals surface area contributed by atoms with Gasteiger partial charge in [-0.05, 0) is 5.53 Å². The predicted octanol–water partition coefficient (Wildman–Crippen LogP) is 0.283. The molecule has 240 valence electrons. The van der Waals surface area contributed by atoms with E-state index in [9.17, 15) is 28.8 Å². The Balaban J connectivity index is 2.66. The van der Waals surface area contributed by atoms with Gasteiger partial charge < -0.3 is 42.6 Å². The van der Waals surface area contributed by atoms with Crippen LogP contribution in [0.1, 0.15) is 41.5 Å². The summed E-state index contributed by atoms with van der Waals surface area (Å²) >= 11 is 4.27. The Hall–Kier alpha value is -3.64. The maximum atomic E-state index is 12.2. The van der Waals surface area contributed by atoms with Crippen molar-refractivity contribution in [1.82, 2.24) is 0 Å². The van der Waals surface area contributed by atoms with Gasteiger partial charge >= 0.3 is 35.8 Å². The van der Waals surface area contributed by atoms with E-state index in [0.29, 0.717) is 0 Å². The fourth-order valence-electron chi connectivity index (χ4n) is 4.37. The monoisotopic (exact) mass is 635 g/mol. The Labute approximate surface area is 250 Å². The van der Waals surface area contributed by atoms with Gasteiger partial charge in [-0.25, -0.2) is 0 Å². The Morgan fingerprint density at radius 2 is 1.09 bits per heavy atom. The van der Waals surface area contributed by atoms with Crippen LogP contribution in [-0.4, -0.2) is 110 Å². The van der Waals surface area contributed by atoms with E-state index in [1.54, 1.807) is 0 Å². The van der Waals surface area contributed by atoms with Crippen LogP contribution in [0.3, 0.4) is 0 Å². The van der Waals surface area contributed by atoms with Gasteiger partial charge in [0, 0.05) is 46.5 Å². The summed E-state index contributed by atoms with van der Waals surface area (Å²) in [7, 11) is 0. The second-order valence-corrected chi connectivity index (χ2v) is 9.81. The molecule has 19 heteroatoms. The molecule has 43 heavy (non-hydrogen) atoms. The molecule has 0 spiro atoms. The number of nitrogens with zero attached hydrogens (tertiary/aromatic N) is 3. The molecule has 0 N–H and O–H groups in total. The molecule has 2 heterocycles. The summed E-state index contributed by atoms with van der Waals surface area (Å²) in [6.07, 6.45) is -11.9. The molecule has 0 aromatic rings. The van der Waals surface area contributed by atoms with Crippen molar-refractivity contribution in [3.8, 4) is 0 Å². The van der Waals surface area contributed by atoms with Gasteiger partial charge in [-0.1, -0.05) is 5.11 Å². The highest BCUT2D eigenvalue weighted by Crippen LogP contribution is 2.35. The van der Waals surface area contributed by atoms with Gasteiger partial charge in [0.15, 0.2) is 24.6 Å². The average Bonchev–Trinajstić information content (AvgIpc) is 2.87. The lowest BCUT2D eigenvalue weighted by Gasteiger charge is -2.48. The van der Waals surface area contributed by atoms with Crippen molar-refractivity contribution in [2.75, 3.05) is 13.2 Å². The number of rotatable bonds is 11. The molecule has 2 fully saturated rings. The molecule has 18 nitrogen and oxygen atoms in total. The molecule has 0 radical (unpaired) electrons. The summed E-state index contributed by atoms with van der Waals surface area (Å²) in [5, 5.41) is 3.61. The Kier molecular flexibility index (Phi) is 13.5. The fourth-order valence-corrected chi connectivity index (χ4v) is 4.75. The lowest BCUT2D eigenvalue weighted by atomic mass is 9.96. The quantitative estimate of drug-likeness (QED) is 0.0802. The first-order chi connectivity index (χ1) is 20.1. The first-order valence-electron chi connectivity index (χ1n) is 12.8. The van der Waals surface area contributed by atoms with Gasteiger partial charge in [0.2, 0.25) is 0 Å². The van der Waals surface area contributed by atoms with Crippen molar-refractivity contribution in [2.45, 2.75) is 102 Å². The first kappa shape index (κ1) is 35.6.